The molecule has 0 atom stereocenters. The number of Topliss-reactive ketones (excluding diaryl/α,β-unsaturated/α-hetero) is 1. The molecule has 1 saturated carbocycles. The molecule has 0 aliphatic heterocycles. The molecule has 80 valence electrons. The highest BCUT2D eigenvalue weighted by atomic mass is 19.1. The Kier molecular flexibility index (Phi) is 3.24. The Balaban J connectivity index is 2.54. The summed E-state index contributed by atoms with van der Waals surface area (Å²) in [6.07, 6.45) is 1.14. The number of carboxylic acid groups (broad SMARTS) is 1. The maximum Gasteiger partial charge on any atom is 0.341 e. The Labute approximate surface area is 82.3 Å². The number of ketones is 1. The van der Waals surface area contributed by atoms with E-state index < -0.39 is 11.6 Å². The highest BCUT2D eigenvalue weighted by Crippen LogP contribution is 2.36. The molecule has 14 heavy (non-hydrogen) atoms. The SMILES string of the molecule is CCC(=O)[C@H]1CC[C@](F)(C(=O)O)CC1. The average Bonchev–Trinajstić information content (AvgIpc) is 2.17. The predicted octanol–water partition coefficient (Wildman–Crippen LogP) is 1.95. The first-order valence-corrected chi connectivity index (χ1v) is 4.94. The van der Waals surface area contributed by atoms with Crippen LogP contribution in [0.2, 0.25) is 0 Å². The number of aliphatic carboxylic acids is 1. The largest absolute Gasteiger partial charge is 0.479 e. The summed E-state index contributed by atoms with van der Waals surface area (Å²) in [5, 5.41) is 8.62. The summed E-state index contributed by atoms with van der Waals surface area (Å²) in [6.45, 7) is 1.77. The van der Waals surface area contributed by atoms with Crippen LogP contribution in [0.25, 0.3) is 0 Å². The number of carbonyl (C=O) groups excluding carboxylic acids is 1. The Hall–Kier alpha value is -0.930. The molecule has 0 heterocycles. The molecule has 1 aliphatic carbocycles. The maximum atomic E-state index is 13.5. The highest BCUT2D eigenvalue weighted by molar-refractivity contribution is 5.82. The third-order valence-electron chi connectivity index (χ3n) is 2.97. The molecular formula is C10H15FO3. The van der Waals surface area contributed by atoms with Gasteiger partial charge in [0.1, 0.15) is 5.78 Å². The molecule has 0 saturated heterocycles. The minimum atomic E-state index is -2.09. The molecule has 0 spiro atoms. The lowest BCUT2D eigenvalue weighted by Crippen LogP contribution is -2.39. The fourth-order valence-electron chi connectivity index (χ4n) is 1.90. The first-order chi connectivity index (χ1) is 6.49. The zero-order valence-corrected chi connectivity index (χ0v) is 8.25. The van der Waals surface area contributed by atoms with Crippen LogP contribution in [0.4, 0.5) is 4.39 Å². The fraction of sp³-hybridized carbons (Fsp3) is 0.800. The monoisotopic (exact) mass is 202 g/mol. The summed E-state index contributed by atoms with van der Waals surface area (Å²) < 4.78 is 13.5. The van der Waals surface area contributed by atoms with Gasteiger partial charge in [0.2, 0.25) is 5.67 Å². The summed E-state index contributed by atoms with van der Waals surface area (Å²) in [6, 6.07) is 0. The first-order valence-electron chi connectivity index (χ1n) is 4.94. The number of hydrogen-bond acceptors (Lipinski definition) is 2. The van der Waals surface area contributed by atoms with Gasteiger partial charge in [-0.3, -0.25) is 4.79 Å². The van der Waals surface area contributed by atoms with Crippen LogP contribution in [0.15, 0.2) is 0 Å². The zero-order valence-electron chi connectivity index (χ0n) is 8.25. The van der Waals surface area contributed by atoms with E-state index in [2.05, 4.69) is 0 Å². The van der Waals surface area contributed by atoms with E-state index in [0.29, 0.717) is 19.3 Å². The zero-order chi connectivity index (χ0) is 10.8. The third kappa shape index (κ3) is 2.11. The van der Waals surface area contributed by atoms with E-state index in [1.807, 2.05) is 0 Å². The van der Waals surface area contributed by atoms with Gasteiger partial charge in [-0.25, -0.2) is 9.18 Å². The summed E-state index contributed by atoms with van der Waals surface area (Å²) in [4.78, 5) is 21.8. The second-order valence-corrected chi connectivity index (χ2v) is 3.86. The Morgan fingerprint density at radius 3 is 2.29 bits per heavy atom. The smallest absolute Gasteiger partial charge is 0.341 e. The van der Waals surface area contributed by atoms with Crippen LogP contribution >= 0.6 is 0 Å². The lowest BCUT2D eigenvalue weighted by molar-refractivity contribution is -0.154. The van der Waals surface area contributed by atoms with Gasteiger partial charge >= 0.3 is 5.97 Å². The predicted molar refractivity (Wildman–Crippen MR) is 48.7 cm³/mol. The van der Waals surface area contributed by atoms with Gasteiger partial charge in [0.25, 0.3) is 0 Å². The van der Waals surface area contributed by atoms with Crippen molar-refractivity contribution < 1.29 is 19.1 Å². The summed E-state index contributed by atoms with van der Waals surface area (Å²) in [7, 11) is 0. The van der Waals surface area contributed by atoms with Crippen molar-refractivity contribution in [2.24, 2.45) is 5.92 Å². The number of rotatable bonds is 3. The molecule has 1 aliphatic rings. The van der Waals surface area contributed by atoms with Crippen molar-refractivity contribution in [3.05, 3.63) is 0 Å². The lowest BCUT2D eigenvalue weighted by atomic mass is 9.78. The molecule has 1 rings (SSSR count). The molecule has 0 aromatic heterocycles. The highest BCUT2D eigenvalue weighted by Gasteiger charge is 2.43. The van der Waals surface area contributed by atoms with Crippen molar-refractivity contribution in [2.75, 3.05) is 0 Å². The van der Waals surface area contributed by atoms with Crippen LogP contribution < -0.4 is 0 Å². The molecule has 1 fully saturated rings. The van der Waals surface area contributed by atoms with Crippen molar-refractivity contribution >= 4 is 11.8 Å². The van der Waals surface area contributed by atoms with Gasteiger partial charge in [0.05, 0.1) is 0 Å². The molecule has 1 N–H and O–H groups in total. The van der Waals surface area contributed by atoms with Crippen LogP contribution in [0.3, 0.4) is 0 Å². The number of alkyl halides is 1. The molecule has 0 aromatic rings. The van der Waals surface area contributed by atoms with Gasteiger partial charge in [-0.1, -0.05) is 6.92 Å². The minimum absolute atomic E-state index is 0.0290. The molecule has 0 bridgehead atoms. The molecular weight excluding hydrogens is 187 g/mol. The normalized spacial score (nSPS) is 32.6. The number of hydrogen-bond donors (Lipinski definition) is 1. The van der Waals surface area contributed by atoms with Crippen molar-refractivity contribution in [3.63, 3.8) is 0 Å². The topological polar surface area (TPSA) is 54.4 Å². The van der Waals surface area contributed by atoms with Gasteiger partial charge in [-0.15, -0.1) is 0 Å². The third-order valence-corrected chi connectivity index (χ3v) is 2.97. The fourth-order valence-corrected chi connectivity index (χ4v) is 1.90. The summed E-state index contributed by atoms with van der Waals surface area (Å²) in [5.74, 6) is -1.39. The van der Waals surface area contributed by atoms with E-state index in [1.54, 1.807) is 6.92 Å². The molecule has 0 amide bonds. The van der Waals surface area contributed by atoms with E-state index in [-0.39, 0.29) is 24.5 Å². The molecule has 0 radical (unpaired) electrons. The standard InChI is InChI=1S/C10H15FO3/c1-2-8(12)7-3-5-10(11,6-4-7)9(13)14/h7H,2-6H2,1H3,(H,13,14)/t7-,10+. The van der Waals surface area contributed by atoms with Crippen LogP contribution in [-0.4, -0.2) is 22.5 Å². The van der Waals surface area contributed by atoms with Crippen LogP contribution in [-0.2, 0) is 9.59 Å². The van der Waals surface area contributed by atoms with Gasteiger partial charge in [0, 0.05) is 12.3 Å². The van der Waals surface area contributed by atoms with E-state index in [0.717, 1.165) is 0 Å². The van der Waals surface area contributed by atoms with E-state index in [1.165, 1.54) is 0 Å². The van der Waals surface area contributed by atoms with Crippen molar-refractivity contribution in [1.82, 2.24) is 0 Å². The lowest BCUT2D eigenvalue weighted by Gasteiger charge is -2.29. The van der Waals surface area contributed by atoms with E-state index in [9.17, 15) is 14.0 Å². The van der Waals surface area contributed by atoms with E-state index >= 15 is 0 Å². The summed E-state index contributed by atoms with van der Waals surface area (Å²) in [5.41, 5.74) is -2.09. The van der Waals surface area contributed by atoms with Gasteiger partial charge in [-0.05, 0) is 25.7 Å². The van der Waals surface area contributed by atoms with Gasteiger partial charge in [-0.2, -0.15) is 0 Å². The van der Waals surface area contributed by atoms with Crippen molar-refractivity contribution in [1.29, 1.82) is 0 Å². The number of carbonyl (C=O) groups is 2. The second kappa shape index (κ2) is 4.07. The molecule has 0 aromatic carbocycles. The second-order valence-electron chi connectivity index (χ2n) is 3.86. The molecule has 0 unspecified atom stereocenters. The van der Waals surface area contributed by atoms with Gasteiger partial charge in [0.15, 0.2) is 0 Å². The summed E-state index contributed by atoms with van der Waals surface area (Å²) >= 11 is 0. The van der Waals surface area contributed by atoms with E-state index in [4.69, 9.17) is 5.11 Å². The van der Waals surface area contributed by atoms with Crippen molar-refractivity contribution in [2.45, 2.75) is 44.7 Å². The Bertz CT molecular complexity index is 242. The van der Waals surface area contributed by atoms with Crippen LogP contribution in [0.1, 0.15) is 39.0 Å². The van der Waals surface area contributed by atoms with Crippen molar-refractivity contribution in [3.8, 4) is 0 Å². The number of carboxylic acids is 1. The first kappa shape index (κ1) is 11.1. The Morgan fingerprint density at radius 1 is 1.43 bits per heavy atom. The van der Waals surface area contributed by atoms with Crippen LogP contribution in [0.5, 0.6) is 0 Å². The van der Waals surface area contributed by atoms with Gasteiger partial charge < -0.3 is 5.11 Å². The quantitative estimate of drug-likeness (QED) is 0.761. The number of halogens is 1. The van der Waals surface area contributed by atoms with Crippen LogP contribution in [0, 0.1) is 5.92 Å². The molecule has 4 heteroatoms. The Morgan fingerprint density at radius 2 is 1.93 bits per heavy atom. The average molecular weight is 202 g/mol. The minimum Gasteiger partial charge on any atom is -0.479 e. The maximum absolute atomic E-state index is 13.5. The molecule has 3 nitrogen and oxygen atoms in total.